The van der Waals surface area contributed by atoms with Gasteiger partial charge in [0.1, 0.15) is 5.82 Å². The number of carboxylic acid groups (broad SMARTS) is 1. The standard InChI is InChI=1S/C28H26N4O4/c1-3-6-25-29-23-14-13-20(32-26(33)17-30(2)28(32)36)15-24(23)31(25)16-18-9-11-19(12-10-18)21-7-4-5-8-22(21)27(34)35/h4-5,7-15,17,33H,3,6,16H2,1-2H3,(H,34,35). The van der Waals surface area contributed by atoms with Gasteiger partial charge in [-0.3, -0.25) is 4.57 Å². The third-order valence-corrected chi connectivity index (χ3v) is 6.34. The highest BCUT2D eigenvalue weighted by molar-refractivity contribution is 5.96. The average molecular weight is 483 g/mol. The van der Waals surface area contributed by atoms with Crippen LogP contribution in [0, 0.1) is 0 Å². The molecule has 2 aromatic heterocycles. The van der Waals surface area contributed by atoms with E-state index in [0.29, 0.717) is 17.8 Å². The zero-order valence-electron chi connectivity index (χ0n) is 20.0. The van der Waals surface area contributed by atoms with E-state index in [-0.39, 0.29) is 17.1 Å². The van der Waals surface area contributed by atoms with Crippen LogP contribution in [0.5, 0.6) is 5.88 Å². The second-order valence-corrected chi connectivity index (χ2v) is 8.80. The maximum Gasteiger partial charge on any atom is 0.336 e. The number of rotatable bonds is 7. The summed E-state index contributed by atoms with van der Waals surface area (Å²) in [5, 5.41) is 19.8. The van der Waals surface area contributed by atoms with Crippen LogP contribution < -0.4 is 5.69 Å². The van der Waals surface area contributed by atoms with Crippen molar-refractivity contribution in [1.29, 1.82) is 0 Å². The van der Waals surface area contributed by atoms with Gasteiger partial charge in [0.15, 0.2) is 0 Å². The molecule has 5 aromatic rings. The summed E-state index contributed by atoms with van der Waals surface area (Å²) in [6.07, 6.45) is 3.11. The van der Waals surface area contributed by atoms with Crippen LogP contribution in [-0.2, 0) is 20.0 Å². The number of carboxylic acids is 1. The first-order chi connectivity index (χ1) is 17.4. The summed E-state index contributed by atoms with van der Waals surface area (Å²) in [7, 11) is 1.60. The molecule has 0 aliphatic rings. The van der Waals surface area contributed by atoms with Gasteiger partial charge in [-0.2, -0.15) is 0 Å². The van der Waals surface area contributed by atoms with Gasteiger partial charge in [0.05, 0.1) is 28.5 Å². The molecule has 0 bridgehead atoms. The molecule has 0 fully saturated rings. The number of aryl methyl sites for hydroxylation is 2. The van der Waals surface area contributed by atoms with Gasteiger partial charge in [0, 0.05) is 20.0 Å². The number of imidazole rings is 2. The number of hydrogen-bond acceptors (Lipinski definition) is 4. The summed E-state index contributed by atoms with van der Waals surface area (Å²) in [6.45, 7) is 2.66. The first-order valence-electron chi connectivity index (χ1n) is 11.8. The van der Waals surface area contributed by atoms with E-state index in [1.807, 2.05) is 48.5 Å². The first kappa shape index (κ1) is 23.2. The molecule has 0 amide bonds. The Kier molecular flexibility index (Phi) is 5.93. The van der Waals surface area contributed by atoms with Crippen molar-refractivity contribution in [2.24, 2.45) is 7.05 Å². The van der Waals surface area contributed by atoms with Gasteiger partial charge in [-0.1, -0.05) is 49.4 Å². The molecule has 0 atom stereocenters. The minimum absolute atomic E-state index is 0.126. The maximum atomic E-state index is 12.5. The Morgan fingerprint density at radius 3 is 2.44 bits per heavy atom. The molecule has 182 valence electrons. The average Bonchev–Trinajstić information content (AvgIpc) is 3.34. The molecule has 0 aliphatic heterocycles. The molecule has 8 nitrogen and oxygen atoms in total. The Morgan fingerprint density at radius 2 is 1.78 bits per heavy atom. The number of fused-ring (bicyclic) bond motifs is 1. The number of aromatic nitrogens is 4. The zero-order chi connectivity index (χ0) is 25.4. The molecular weight excluding hydrogens is 456 g/mol. The van der Waals surface area contributed by atoms with Crippen molar-refractivity contribution in [3.05, 3.63) is 100 Å². The Labute approximate surface area is 207 Å². The summed E-state index contributed by atoms with van der Waals surface area (Å²) in [5.41, 5.74) is 4.73. The lowest BCUT2D eigenvalue weighted by Crippen LogP contribution is -2.20. The monoisotopic (exact) mass is 482 g/mol. The highest BCUT2D eigenvalue weighted by Crippen LogP contribution is 2.27. The molecule has 0 spiro atoms. The summed E-state index contributed by atoms with van der Waals surface area (Å²) >= 11 is 0. The fourth-order valence-corrected chi connectivity index (χ4v) is 4.57. The largest absolute Gasteiger partial charge is 0.493 e. The smallest absolute Gasteiger partial charge is 0.336 e. The second kappa shape index (κ2) is 9.22. The minimum Gasteiger partial charge on any atom is -0.493 e. The van der Waals surface area contributed by atoms with Crippen LogP contribution in [0.1, 0.15) is 35.1 Å². The number of hydrogen-bond donors (Lipinski definition) is 2. The Bertz CT molecular complexity index is 1640. The molecular formula is C28H26N4O4. The van der Waals surface area contributed by atoms with Gasteiger partial charge in [-0.25, -0.2) is 19.1 Å². The van der Waals surface area contributed by atoms with E-state index in [1.54, 1.807) is 25.2 Å². The number of nitrogens with zero attached hydrogens (tertiary/aromatic N) is 4. The van der Waals surface area contributed by atoms with Crippen molar-refractivity contribution in [2.45, 2.75) is 26.3 Å². The van der Waals surface area contributed by atoms with Crippen molar-refractivity contribution in [1.82, 2.24) is 18.7 Å². The second-order valence-electron chi connectivity index (χ2n) is 8.80. The lowest BCUT2D eigenvalue weighted by Gasteiger charge is -2.12. The molecule has 0 unspecified atom stereocenters. The van der Waals surface area contributed by atoms with Crippen molar-refractivity contribution >= 4 is 17.0 Å². The Balaban J connectivity index is 1.55. The number of benzene rings is 3. The summed E-state index contributed by atoms with van der Waals surface area (Å²) < 4.78 is 4.74. The molecule has 36 heavy (non-hydrogen) atoms. The van der Waals surface area contributed by atoms with Gasteiger partial charge >= 0.3 is 11.7 Å². The SMILES string of the molecule is CCCc1nc2ccc(-n3c(O)cn(C)c3=O)cc2n1Cc1ccc(-c2ccccc2C(=O)O)cc1. The maximum absolute atomic E-state index is 12.5. The highest BCUT2D eigenvalue weighted by Gasteiger charge is 2.16. The summed E-state index contributed by atoms with van der Waals surface area (Å²) in [4.78, 5) is 29.0. The minimum atomic E-state index is -0.955. The Morgan fingerprint density at radius 1 is 1.03 bits per heavy atom. The number of carbonyl (C=O) groups is 1. The van der Waals surface area contributed by atoms with Crippen LogP contribution in [0.3, 0.4) is 0 Å². The van der Waals surface area contributed by atoms with E-state index >= 15 is 0 Å². The Hall–Kier alpha value is -4.59. The van der Waals surface area contributed by atoms with E-state index < -0.39 is 5.97 Å². The molecule has 2 heterocycles. The van der Waals surface area contributed by atoms with E-state index in [0.717, 1.165) is 40.8 Å². The van der Waals surface area contributed by atoms with E-state index in [2.05, 4.69) is 11.5 Å². The highest BCUT2D eigenvalue weighted by atomic mass is 16.4. The molecule has 0 aliphatic carbocycles. The van der Waals surface area contributed by atoms with Gasteiger partial charge in [-0.05, 0) is 47.4 Å². The van der Waals surface area contributed by atoms with Crippen molar-refractivity contribution in [3.63, 3.8) is 0 Å². The predicted molar refractivity (Wildman–Crippen MR) is 138 cm³/mol. The van der Waals surface area contributed by atoms with Crippen molar-refractivity contribution < 1.29 is 15.0 Å². The van der Waals surface area contributed by atoms with Gasteiger partial charge in [-0.15, -0.1) is 0 Å². The van der Waals surface area contributed by atoms with Crippen LogP contribution in [0.2, 0.25) is 0 Å². The first-order valence-corrected chi connectivity index (χ1v) is 11.8. The van der Waals surface area contributed by atoms with Gasteiger partial charge in [0.2, 0.25) is 5.88 Å². The zero-order valence-corrected chi connectivity index (χ0v) is 20.0. The molecule has 0 saturated carbocycles. The van der Waals surface area contributed by atoms with E-state index in [1.165, 1.54) is 15.3 Å². The van der Waals surface area contributed by atoms with Gasteiger partial charge in [0.25, 0.3) is 0 Å². The van der Waals surface area contributed by atoms with E-state index in [9.17, 15) is 19.8 Å². The van der Waals surface area contributed by atoms with Gasteiger partial charge < -0.3 is 14.8 Å². The molecule has 3 aromatic carbocycles. The fraction of sp³-hybridized carbons (Fsp3) is 0.179. The van der Waals surface area contributed by atoms with Crippen LogP contribution in [0.15, 0.2) is 77.7 Å². The normalized spacial score (nSPS) is 11.3. The van der Waals surface area contributed by atoms with E-state index in [4.69, 9.17) is 4.98 Å². The van der Waals surface area contributed by atoms with Crippen LogP contribution in [-0.4, -0.2) is 34.9 Å². The summed E-state index contributed by atoms with van der Waals surface area (Å²) in [6, 6.07) is 20.3. The predicted octanol–water partition coefficient (Wildman–Crippen LogP) is 4.60. The quantitative estimate of drug-likeness (QED) is 0.353. The third-order valence-electron chi connectivity index (χ3n) is 6.34. The molecule has 5 rings (SSSR count). The van der Waals surface area contributed by atoms with Crippen molar-refractivity contribution in [2.75, 3.05) is 0 Å². The third kappa shape index (κ3) is 4.07. The lowest BCUT2D eigenvalue weighted by atomic mass is 9.99. The summed E-state index contributed by atoms with van der Waals surface area (Å²) in [5.74, 6) is -0.142. The molecule has 0 radical (unpaired) electrons. The van der Waals surface area contributed by atoms with Crippen LogP contribution in [0.25, 0.3) is 27.8 Å². The lowest BCUT2D eigenvalue weighted by molar-refractivity contribution is 0.0697. The molecule has 8 heteroatoms. The molecule has 2 N–H and O–H groups in total. The van der Waals surface area contributed by atoms with Crippen LogP contribution in [0.4, 0.5) is 0 Å². The number of aromatic carboxylic acids is 1. The number of aromatic hydroxyl groups is 1. The fourth-order valence-electron chi connectivity index (χ4n) is 4.57. The van der Waals surface area contributed by atoms with Crippen molar-refractivity contribution in [3.8, 4) is 22.7 Å². The van der Waals surface area contributed by atoms with Crippen LogP contribution >= 0.6 is 0 Å². The molecule has 0 saturated heterocycles. The topological polar surface area (TPSA) is 102 Å².